The van der Waals surface area contributed by atoms with Crippen molar-refractivity contribution < 1.29 is 0 Å². The van der Waals surface area contributed by atoms with Gasteiger partial charge in [0.05, 0.1) is 6.04 Å². The lowest BCUT2D eigenvalue weighted by molar-refractivity contribution is 0.593. The second-order valence-corrected chi connectivity index (χ2v) is 2.92. The van der Waals surface area contributed by atoms with Crippen molar-refractivity contribution in [2.45, 2.75) is 32.2 Å². The lowest BCUT2D eigenvalue weighted by Gasteiger charge is -1.91. The van der Waals surface area contributed by atoms with Crippen LogP contribution in [0.15, 0.2) is 4.79 Å². The monoisotopic (exact) mass is 153 g/mol. The van der Waals surface area contributed by atoms with Crippen molar-refractivity contribution in [2.24, 2.45) is 0 Å². The Hall–Kier alpha value is -1.06. The van der Waals surface area contributed by atoms with E-state index in [1.54, 1.807) is 4.68 Å². The largest absolute Gasteiger partial charge is 0.289 e. The van der Waals surface area contributed by atoms with Crippen LogP contribution in [0.25, 0.3) is 0 Å². The molecule has 60 valence electrons. The SMILES string of the molecule is CCc1n[nH]n(C2CC2)c1=O. The Morgan fingerprint density at radius 1 is 1.73 bits per heavy atom. The fraction of sp³-hybridized carbons (Fsp3) is 0.714. The quantitative estimate of drug-likeness (QED) is 0.671. The second kappa shape index (κ2) is 2.22. The summed E-state index contributed by atoms with van der Waals surface area (Å²) in [6, 6.07) is 0.412. The number of aryl methyl sites for hydroxylation is 1. The lowest BCUT2D eigenvalue weighted by Crippen LogP contribution is -2.17. The first-order valence-electron chi connectivity index (χ1n) is 3.98. The summed E-state index contributed by atoms with van der Waals surface area (Å²) >= 11 is 0. The van der Waals surface area contributed by atoms with E-state index in [1.165, 1.54) is 0 Å². The normalized spacial score (nSPS) is 17.2. The van der Waals surface area contributed by atoms with Crippen molar-refractivity contribution in [1.82, 2.24) is 15.0 Å². The number of nitrogens with zero attached hydrogens (tertiary/aromatic N) is 2. The maximum atomic E-state index is 11.4. The Morgan fingerprint density at radius 3 is 2.91 bits per heavy atom. The molecule has 1 N–H and O–H groups in total. The molecule has 0 aliphatic heterocycles. The molecular weight excluding hydrogens is 142 g/mol. The molecule has 1 aromatic rings. The molecule has 1 saturated carbocycles. The van der Waals surface area contributed by atoms with Gasteiger partial charge in [-0.15, -0.1) is 0 Å². The van der Waals surface area contributed by atoms with Gasteiger partial charge in [0.25, 0.3) is 5.56 Å². The summed E-state index contributed by atoms with van der Waals surface area (Å²) in [6.45, 7) is 1.94. The van der Waals surface area contributed by atoms with Gasteiger partial charge in [0.1, 0.15) is 5.69 Å². The van der Waals surface area contributed by atoms with Crippen LogP contribution in [0.5, 0.6) is 0 Å². The molecule has 0 spiro atoms. The van der Waals surface area contributed by atoms with Crippen molar-refractivity contribution >= 4 is 0 Å². The average molecular weight is 153 g/mol. The van der Waals surface area contributed by atoms with Gasteiger partial charge in [0.2, 0.25) is 0 Å². The number of nitrogens with one attached hydrogen (secondary N) is 1. The highest BCUT2D eigenvalue weighted by Crippen LogP contribution is 2.32. The predicted molar refractivity (Wildman–Crippen MR) is 40.5 cm³/mol. The molecule has 0 aromatic carbocycles. The Bertz CT molecular complexity index is 308. The summed E-state index contributed by atoms with van der Waals surface area (Å²) in [4.78, 5) is 11.4. The predicted octanol–water partition coefficient (Wildman–Crippen LogP) is 0.469. The highest BCUT2D eigenvalue weighted by molar-refractivity contribution is 4.96. The van der Waals surface area contributed by atoms with Gasteiger partial charge in [0.15, 0.2) is 0 Å². The summed E-state index contributed by atoms with van der Waals surface area (Å²) in [5.74, 6) is 0. The van der Waals surface area contributed by atoms with E-state index in [0.717, 1.165) is 19.3 Å². The van der Waals surface area contributed by atoms with Crippen LogP contribution in [0.4, 0.5) is 0 Å². The van der Waals surface area contributed by atoms with E-state index in [4.69, 9.17) is 0 Å². The smallest absolute Gasteiger partial charge is 0.266 e. The molecule has 0 atom stereocenters. The summed E-state index contributed by atoms with van der Waals surface area (Å²) in [5.41, 5.74) is 0.715. The topological polar surface area (TPSA) is 50.7 Å². The second-order valence-electron chi connectivity index (χ2n) is 2.92. The zero-order chi connectivity index (χ0) is 7.84. The van der Waals surface area contributed by atoms with Crippen molar-refractivity contribution in [2.75, 3.05) is 0 Å². The average Bonchev–Trinajstić information content (AvgIpc) is 2.77. The molecule has 4 nitrogen and oxygen atoms in total. The molecule has 11 heavy (non-hydrogen) atoms. The summed E-state index contributed by atoms with van der Waals surface area (Å²) < 4.78 is 1.64. The van der Waals surface area contributed by atoms with Crippen molar-refractivity contribution in [3.05, 3.63) is 16.0 Å². The first kappa shape index (κ1) is 6.64. The number of rotatable bonds is 2. The lowest BCUT2D eigenvalue weighted by atomic mass is 10.4. The molecule has 0 radical (unpaired) electrons. The van der Waals surface area contributed by atoms with E-state index in [0.29, 0.717) is 11.7 Å². The van der Waals surface area contributed by atoms with E-state index in [9.17, 15) is 4.79 Å². The van der Waals surface area contributed by atoms with Crippen LogP contribution < -0.4 is 5.56 Å². The maximum absolute atomic E-state index is 11.4. The number of hydrogen-bond acceptors (Lipinski definition) is 2. The molecule has 0 bridgehead atoms. The fourth-order valence-corrected chi connectivity index (χ4v) is 1.16. The van der Waals surface area contributed by atoms with E-state index in [-0.39, 0.29) is 5.56 Å². The van der Waals surface area contributed by atoms with Crippen LogP contribution in [-0.2, 0) is 6.42 Å². The minimum Gasteiger partial charge on any atom is -0.266 e. The zero-order valence-electron chi connectivity index (χ0n) is 6.50. The Morgan fingerprint density at radius 2 is 2.45 bits per heavy atom. The number of aromatic amines is 1. The maximum Gasteiger partial charge on any atom is 0.289 e. The minimum atomic E-state index is 0.0648. The fourth-order valence-electron chi connectivity index (χ4n) is 1.16. The van der Waals surface area contributed by atoms with Crippen LogP contribution in [0, 0.1) is 0 Å². The van der Waals surface area contributed by atoms with Crippen LogP contribution in [0.2, 0.25) is 0 Å². The van der Waals surface area contributed by atoms with Gasteiger partial charge < -0.3 is 0 Å². The molecule has 1 aromatic heterocycles. The highest BCUT2D eigenvalue weighted by Gasteiger charge is 2.26. The van der Waals surface area contributed by atoms with E-state index < -0.39 is 0 Å². The summed E-state index contributed by atoms with van der Waals surface area (Å²) in [7, 11) is 0. The van der Waals surface area contributed by atoms with Gasteiger partial charge >= 0.3 is 0 Å². The van der Waals surface area contributed by atoms with Gasteiger partial charge in [-0.05, 0) is 19.3 Å². The van der Waals surface area contributed by atoms with E-state index >= 15 is 0 Å². The molecule has 1 aliphatic carbocycles. The summed E-state index contributed by atoms with van der Waals surface area (Å²) in [5, 5.41) is 6.66. The molecule has 1 aliphatic rings. The first-order valence-corrected chi connectivity index (χ1v) is 3.98. The Kier molecular flexibility index (Phi) is 1.34. The van der Waals surface area contributed by atoms with Crippen LogP contribution in [0.1, 0.15) is 31.5 Å². The molecule has 0 saturated heterocycles. The standard InChI is InChI=1S/C7H11N3O/c1-2-6-7(11)10(9-8-6)5-3-4-5/h5,9H,2-4H2,1H3. The van der Waals surface area contributed by atoms with Gasteiger partial charge in [-0.3, -0.25) is 4.79 Å². The third kappa shape index (κ3) is 0.982. The van der Waals surface area contributed by atoms with Gasteiger partial charge in [0, 0.05) is 0 Å². The van der Waals surface area contributed by atoms with Gasteiger partial charge in [-0.25, -0.2) is 9.90 Å². The molecule has 1 fully saturated rings. The molecule has 4 heteroatoms. The highest BCUT2D eigenvalue weighted by atomic mass is 16.1. The van der Waals surface area contributed by atoms with Crippen molar-refractivity contribution in [3.63, 3.8) is 0 Å². The summed E-state index contributed by atoms with van der Waals surface area (Å²) in [6.07, 6.45) is 2.95. The van der Waals surface area contributed by atoms with E-state index in [1.807, 2.05) is 6.92 Å². The van der Waals surface area contributed by atoms with Crippen LogP contribution >= 0.6 is 0 Å². The molecular formula is C7H11N3O. The molecule has 0 unspecified atom stereocenters. The third-order valence-electron chi connectivity index (χ3n) is 2.01. The minimum absolute atomic E-state index is 0.0648. The zero-order valence-corrected chi connectivity index (χ0v) is 6.50. The number of H-pyrrole nitrogens is 1. The van der Waals surface area contributed by atoms with Gasteiger partial charge in [-0.1, -0.05) is 6.92 Å². The number of aromatic nitrogens is 3. The Balaban J connectivity index is 2.41. The van der Waals surface area contributed by atoms with Crippen molar-refractivity contribution in [1.29, 1.82) is 0 Å². The molecule has 2 rings (SSSR count). The Labute approximate surface area is 64.2 Å². The van der Waals surface area contributed by atoms with Crippen molar-refractivity contribution in [3.8, 4) is 0 Å². The van der Waals surface area contributed by atoms with Crippen LogP contribution in [-0.4, -0.2) is 15.0 Å². The van der Waals surface area contributed by atoms with Crippen LogP contribution in [0.3, 0.4) is 0 Å². The first-order chi connectivity index (χ1) is 5.33. The number of hydrogen-bond donors (Lipinski definition) is 1. The van der Waals surface area contributed by atoms with Gasteiger partial charge in [-0.2, -0.15) is 5.10 Å². The molecule has 1 heterocycles. The third-order valence-corrected chi connectivity index (χ3v) is 2.01. The van der Waals surface area contributed by atoms with E-state index in [2.05, 4.69) is 10.3 Å². The molecule has 0 amide bonds.